The molecule has 1 aromatic carbocycles. The van der Waals surface area contributed by atoms with Gasteiger partial charge in [0, 0.05) is 17.3 Å². The third-order valence-corrected chi connectivity index (χ3v) is 3.88. The third-order valence-electron chi connectivity index (χ3n) is 3.88. The SMILES string of the molecule is COc1cccc(N(Cc2ccco2)C2CC2)c1[C@H](C)O. The Hall–Kier alpha value is -1.94. The molecule has 0 saturated heterocycles. The molecule has 0 spiro atoms. The van der Waals surface area contributed by atoms with E-state index in [4.69, 9.17) is 9.15 Å². The van der Waals surface area contributed by atoms with Crippen LogP contribution in [-0.4, -0.2) is 18.3 Å². The Morgan fingerprint density at radius 3 is 2.71 bits per heavy atom. The van der Waals surface area contributed by atoms with E-state index in [1.807, 2.05) is 30.3 Å². The number of rotatable bonds is 6. The number of benzene rings is 1. The summed E-state index contributed by atoms with van der Waals surface area (Å²) in [5.41, 5.74) is 1.88. The number of furan rings is 1. The zero-order valence-electron chi connectivity index (χ0n) is 12.5. The fraction of sp³-hybridized carbons (Fsp3) is 0.412. The van der Waals surface area contributed by atoms with E-state index in [0.29, 0.717) is 12.6 Å². The molecule has 1 N–H and O–H groups in total. The summed E-state index contributed by atoms with van der Waals surface area (Å²) in [7, 11) is 1.64. The van der Waals surface area contributed by atoms with E-state index in [1.54, 1.807) is 20.3 Å². The van der Waals surface area contributed by atoms with E-state index in [2.05, 4.69) is 4.90 Å². The summed E-state index contributed by atoms with van der Waals surface area (Å²) < 4.78 is 10.9. The zero-order valence-corrected chi connectivity index (χ0v) is 12.5. The number of hydrogen-bond acceptors (Lipinski definition) is 4. The second-order valence-electron chi connectivity index (χ2n) is 5.51. The first kappa shape index (κ1) is 14.0. The maximum absolute atomic E-state index is 10.2. The highest BCUT2D eigenvalue weighted by Crippen LogP contribution is 2.40. The topological polar surface area (TPSA) is 45.8 Å². The number of anilines is 1. The summed E-state index contributed by atoms with van der Waals surface area (Å²) in [5.74, 6) is 1.66. The van der Waals surface area contributed by atoms with Gasteiger partial charge in [0.1, 0.15) is 11.5 Å². The van der Waals surface area contributed by atoms with E-state index in [9.17, 15) is 5.11 Å². The smallest absolute Gasteiger partial charge is 0.126 e. The van der Waals surface area contributed by atoms with Crippen LogP contribution in [-0.2, 0) is 6.54 Å². The Morgan fingerprint density at radius 2 is 2.14 bits per heavy atom. The van der Waals surface area contributed by atoms with Crippen molar-refractivity contribution in [2.45, 2.75) is 38.5 Å². The van der Waals surface area contributed by atoms with Crippen LogP contribution in [0, 0.1) is 0 Å². The molecule has 1 aliphatic carbocycles. The Kier molecular flexibility index (Phi) is 3.88. The van der Waals surface area contributed by atoms with E-state index in [1.165, 1.54) is 12.8 Å². The largest absolute Gasteiger partial charge is 0.496 e. The van der Waals surface area contributed by atoms with Gasteiger partial charge < -0.3 is 19.2 Å². The highest BCUT2D eigenvalue weighted by Gasteiger charge is 2.32. The van der Waals surface area contributed by atoms with Crippen LogP contribution >= 0.6 is 0 Å². The molecule has 1 aliphatic rings. The lowest BCUT2D eigenvalue weighted by Gasteiger charge is -2.28. The van der Waals surface area contributed by atoms with Gasteiger partial charge in [-0.05, 0) is 44.0 Å². The molecule has 0 amide bonds. The van der Waals surface area contributed by atoms with Crippen molar-refractivity contribution < 1.29 is 14.3 Å². The molecule has 4 heteroatoms. The van der Waals surface area contributed by atoms with Crippen molar-refractivity contribution in [3.8, 4) is 5.75 Å². The Morgan fingerprint density at radius 1 is 1.33 bits per heavy atom. The first-order valence-electron chi connectivity index (χ1n) is 7.34. The van der Waals surface area contributed by atoms with E-state index in [0.717, 1.165) is 22.8 Å². The lowest BCUT2D eigenvalue weighted by atomic mass is 10.1. The van der Waals surface area contributed by atoms with Gasteiger partial charge in [-0.25, -0.2) is 0 Å². The molecule has 21 heavy (non-hydrogen) atoms. The van der Waals surface area contributed by atoms with Crippen molar-refractivity contribution >= 4 is 5.69 Å². The Labute approximate surface area is 124 Å². The minimum absolute atomic E-state index is 0.514. The second-order valence-corrected chi connectivity index (χ2v) is 5.51. The van der Waals surface area contributed by atoms with Crippen LogP contribution in [0.25, 0.3) is 0 Å². The normalized spacial score (nSPS) is 15.8. The third kappa shape index (κ3) is 2.90. The van der Waals surface area contributed by atoms with Crippen molar-refractivity contribution in [3.63, 3.8) is 0 Å². The predicted octanol–water partition coefficient (Wildman–Crippen LogP) is 3.51. The van der Waals surface area contributed by atoms with Crippen molar-refractivity contribution in [2.75, 3.05) is 12.0 Å². The fourth-order valence-corrected chi connectivity index (χ4v) is 2.75. The van der Waals surface area contributed by atoms with Gasteiger partial charge >= 0.3 is 0 Å². The molecule has 0 aliphatic heterocycles. The van der Waals surface area contributed by atoms with Gasteiger partial charge in [0.15, 0.2) is 0 Å². The molecule has 0 bridgehead atoms. The average Bonchev–Trinajstić information content (AvgIpc) is 3.20. The van der Waals surface area contributed by atoms with Gasteiger partial charge in [-0.3, -0.25) is 0 Å². The molecule has 1 aromatic heterocycles. The molecular formula is C17H21NO3. The average molecular weight is 287 g/mol. The minimum atomic E-state index is -0.575. The Balaban J connectivity index is 1.99. The summed E-state index contributed by atoms with van der Waals surface area (Å²) >= 11 is 0. The van der Waals surface area contributed by atoms with Crippen LogP contribution < -0.4 is 9.64 Å². The predicted molar refractivity (Wildman–Crippen MR) is 81.5 cm³/mol. The summed E-state index contributed by atoms with van der Waals surface area (Å²) in [6.45, 7) is 2.49. The first-order valence-corrected chi connectivity index (χ1v) is 7.34. The monoisotopic (exact) mass is 287 g/mol. The fourth-order valence-electron chi connectivity index (χ4n) is 2.75. The molecule has 112 valence electrons. The maximum Gasteiger partial charge on any atom is 0.126 e. The van der Waals surface area contributed by atoms with Crippen LogP contribution in [0.1, 0.15) is 37.2 Å². The van der Waals surface area contributed by atoms with E-state index in [-0.39, 0.29) is 0 Å². The summed E-state index contributed by atoms with van der Waals surface area (Å²) in [6, 6.07) is 10.3. The summed E-state index contributed by atoms with van der Waals surface area (Å²) in [4.78, 5) is 2.31. The number of hydrogen-bond donors (Lipinski definition) is 1. The standard InChI is InChI=1S/C17H21NO3/c1-12(19)17-15(6-3-7-16(17)20-2)18(13-8-9-13)11-14-5-4-10-21-14/h3-7,10,12-13,19H,8-9,11H2,1-2H3/t12-/m0/s1. The summed E-state index contributed by atoms with van der Waals surface area (Å²) in [6.07, 6.45) is 3.48. The molecule has 2 aromatic rings. The van der Waals surface area contributed by atoms with Crippen LogP contribution in [0.3, 0.4) is 0 Å². The molecule has 0 unspecified atom stereocenters. The van der Waals surface area contributed by atoms with Gasteiger partial charge in [-0.2, -0.15) is 0 Å². The van der Waals surface area contributed by atoms with E-state index >= 15 is 0 Å². The molecule has 1 fully saturated rings. The Bertz CT molecular complexity index is 588. The van der Waals surface area contributed by atoms with Crippen LogP contribution in [0.4, 0.5) is 5.69 Å². The van der Waals surface area contributed by atoms with Crippen molar-refractivity contribution in [2.24, 2.45) is 0 Å². The van der Waals surface area contributed by atoms with Crippen molar-refractivity contribution in [1.82, 2.24) is 0 Å². The maximum atomic E-state index is 10.2. The van der Waals surface area contributed by atoms with Gasteiger partial charge in [-0.15, -0.1) is 0 Å². The van der Waals surface area contributed by atoms with Crippen molar-refractivity contribution in [3.05, 3.63) is 47.9 Å². The molecule has 4 nitrogen and oxygen atoms in total. The quantitative estimate of drug-likeness (QED) is 0.883. The van der Waals surface area contributed by atoms with Crippen LogP contribution in [0.5, 0.6) is 5.75 Å². The van der Waals surface area contributed by atoms with Gasteiger partial charge in [-0.1, -0.05) is 6.07 Å². The van der Waals surface area contributed by atoms with E-state index < -0.39 is 6.10 Å². The molecular weight excluding hydrogens is 266 g/mol. The molecule has 1 saturated carbocycles. The number of aliphatic hydroxyl groups excluding tert-OH is 1. The lowest BCUT2D eigenvalue weighted by Crippen LogP contribution is -2.26. The zero-order chi connectivity index (χ0) is 14.8. The summed E-state index contributed by atoms with van der Waals surface area (Å²) in [5, 5.41) is 10.2. The van der Waals surface area contributed by atoms with Gasteiger partial charge in [0.2, 0.25) is 0 Å². The lowest BCUT2D eigenvalue weighted by molar-refractivity contribution is 0.194. The highest BCUT2D eigenvalue weighted by atomic mass is 16.5. The molecule has 0 radical (unpaired) electrons. The minimum Gasteiger partial charge on any atom is -0.496 e. The van der Waals surface area contributed by atoms with Crippen molar-refractivity contribution in [1.29, 1.82) is 0 Å². The molecule has 1 atom stereocenters. The first-order chi connectivity index (χ1) is 10.2. The number of aliphatic hydroxyl groups is 1. The van der Waals surface area contributed by atoms with Gasteiger partial charge in [0.05, 0.1) is 26.0 Å². The number of ether oxygens (including phenoxy) is 1. The van der Waals surface area contributed by atoms with Crippen LogP contribution in [0.2, 0.25) is 0 Å². The second kappa shape index (κ2) is 5.82. The number of methoxy groups -OCH3 is 1. The highest BCUT2D eigenvalue weighted by molar-refractivity contribution is 5.61. The number of nitrogens with zero attached hydrogens (tertiary/aromatic N) is 1. The van der Waals surface area contributed by atoms with Gasteiger partial charge in [0.25, 0.3) is 0 Å². The molecule has 1 heterocycles. The molecule has 3 rings (SSSR count). The van der Waals surface area contributed by atoms with Crippen LogP contribution in [0.15, 0.2) is 41.0 Å².